The van der Waals surface area contributed by atoms with E-state index >= 15 is 0 Å². The van der Waals surface area contributed by atoms with Gasteiger partial charge in [-0.15, -0.1) is 0 Å². The van der Waals surface area contributed by atoms with Crippen LogP contribution in [0, 0.1) is 0 Å². The number of ether oxygens (including phenoxy) is 1. The van der Waals surface area contributed by atoms with Gasteiger partial charge in [0.2, 0.25) is 5.88 Å². The molecule has 0 aliphatic heterocycles. The van der Waals surface area contributed by atoms with Crippen LogP contribution in [0.5, 0.6) is 11.6 Å². The summed E-state index contributed by atoms with van der Waals surface area (Å²) < 4.78 is 5.62. The number of nitrogens with one attached hydrogen (secondary N) is 1. The summed E-state index contributed by atoms with van der Waals surface area (Å²) in [5.74, 6) is 6.87. The zero-order valence-corrected chi connectivity index (χ0v) is 11.1. The van der Waals surface area contributed by atoms with Gasteiger partial charge in [0, 0.05) is 6.07 Å². The molecule has 2 aromatic rings. The van der Waals surface area contributed by atoms with Crippen molar-refractivity contribution in [3.05, 3.63) is 35.9 Å². The van der Waals surface area contributed by atoms with Gasteiger partial charge in [0.25, 0.3) is 0 Å². The van der Waals surface area contributed by atoms with E-state index in [9.17, 15) is 0 Å². The highest BCUT2D eigenvalue weighted by atomic mass is 32.2. The average Bonchev–Trinajstić information content (AvgIpc) is 2.47. The fourth-order valence-electron chi connectivity index (χ4n) is 1.40. The van der Waals surface area contributed by atoms with Gasteiger partial charge >= 0.3 is 0 Å². The van der Waals surface area contributed by atoms with Gasteiger partial charge in [0.15, 0.2) is 5.16 Å². The van der Waals surface area contributed by atoms with Crippen LogP contribution in [-0.2, 0) is 6.61 Å². The number of hydrogen-bond donors (Lipinski definition) is 3. The largest absolute Gasteiger partial charge is 0.439 e. The Labute approximate surface area is 115 Å². The fourth-order valence-corrected chi connectivity index (χ4v) is 1.78. The molecule has 19 heavy (non-hydrogen) atoms. The molecule has 0 atom stereocenters. The highest BCUT2D eigenvalue weighted by molar-refractivity contribution is 7.98. The van der Waals surface area contributed by atoms with E-state index in [0.29, 0.717) is 22.6 Å². The lowest BCUT2D eigenvalue weighted by molar-refractivity contribution is 0.281. The number of hydrogen-bond acceptors (Lipinski definition) is 7. The summed E-state index contributed by atoms with van der Waals surface area (Å²) in [4.78, 5) is 8.36. The third-order valence-corrected chi connectivity index (χ3v) is 2.89. The number of benzene rings is 1. The first-order valence-electron chi connectivity index (χ1n) is 5.52. The maximum absolute atomic E-state index is 8.97. The SMILES string of the molecule is CSc1nc(NN)cc(Oc2ccc(CO)cc2)n1. The zero-order chi connectivity index (χ0) is 13.7. The Morgan fingerprint density at radius 2 is 2.05 bits per heavy atom. The van der Waals surface area contributed by atoms with Gasteiger partial charge in [-0.3, -0.25) is 0 Å². The second kappa shape index (κ2) is 6.37. The van der Waals surface area contributed by atoms with Gasteiger partial charge in [-0.2, -0.15) is 4.98 Å². The molecule has 0 bridgehead atoms. The predicted octanol–water partition coefficient (Wildman–Crippen LogP) is 1.77. The van der Waals surface area contributed by atoms with Crippen molar-refractivity contribution in [3.8, 4) is 11.6 Å². The average molecular weight is 278 g/mol. The zero-order valence-electron chi connectivity index (χ0n) is 10.3. The molecule has 0 saturated heterocycles. The van der Waals surface area contributed by atoms with Crippen molar-refractivity contribution in [1.29, 1.82) is 0 Å². The molecule has 0 amide bonds. The van der Waals surface area contributed by atoms with Gasteiger partial charge in [-0.25, -0.2) is 10.8 Å². The van der Waals surface area contributed by atoms with Crippen molar-refractivity contribution < 1.29 is 9.84 Å². The first-order chi connectivity index (χ1) is 9.25. The fraction of sp³-hybridized carbons (Fsp3) is 0.167. The van der Waals surface area contributed by atoms with Gasteiger partial charge in [-0.1, -0.05) is 23.9 Å². The van der Waals surface area contributed by atoms with Crippen molar-refractivity contribution in [2.24, 2.45) is 5.84 Å². The normalized spacial score (nSPS) is 10.3. The van der Waals surface area contributed by atoms with Crippen molar-refractivity contribution in [1.82, 2.24) is 9.97 Å². The molecular formula is C12H14N4O2S. The Hall–Kier alpha value is -1.83. The van der Waals surface area contributed by atoms with Crippen LogP contribution in [0.2, 0.25) is 0 Å². The standard InChI is InChI=1S/C12H14N4O2S/c1-19-12-14-10(16-13)6-11(15-12)18-9-4-2-8(7-17)3-5-9/h2-6,17H,7,13H2,1H3,(H,14,15,16). The summed E-state index contributed by atoms with van der Waals surface area (Å²) in [5, 5.41) is 9.54. The number of anilines is 1. The predicted molar refractivity (Wildman–Crippen MR) is 74.1 cm³/mol. The molecule has 0 spiro atoms. The Kier molecular flexibility index (Phi) is 4.56. The second-order valence-corrected chi connectivity index (χ2v) is 4.40. The Morgan fingerprint density at radius 3 is 2.63 bits per heavy atom. The van der Waals surface area contributed by atoms with Gasteiger partial charge in [0.1, 0.15) is 11.6 Å². The molecule has 7 heteroatoms. The van der Waals surface area contributed by atoms with Crippen LogP contribution in [0.25, 0.3) is 0 Å². The summed E-state index contributed by atoms with van der Waals surface area (Å²) in [5.41, 5.74) is 3.29. The molecule has 100 valence electrons. The van der Waals surface area contributed by atoms with E-state index in [2.05, 4.69) is 15.4 Å². The number of thioether (sulfide) groups is 1. The van der Waals surface area contributed by atoms with Crippen LogP contribution >= 0.6 is 11.8 Å². The van der Waals surface area contributed by atoms with Crippen LogP contribution in [0.15, 0.2) is 35.5 Å². The van der Waals surface area contributed by atoms with E-state index in [1.807, 2.05) is 6.26 Å². The monoisotopic (exact) mass is 278 g/mol. The van der Waals surface area contributed by atoms with Gasteiger partial charge in [0.05, 0.1) is 6.61 Å². The lowest BCUT2D eigenvalue weighted by atomic mass is 10.2. The van der Waals surface area contributed by atoms with Crippen molar-refractivity contribution in [3.63, 3.8) is 0 Å². The van der Waals surface area contributed by atoms with E-state index < -0.39 is 0 Å². The first-order valence-corrected chi connectivity index (χ1v) is 6.75. The number of aliphatic hydroxyl groups is 1. The lowest BCUT2D eigenvalue weighted by Gasteiger charge is -2.08. The van der Waals surface area contributed by atoms with E-state index in [1.165, 1.54) is 11.8 Å². The Bertz CT molecular complexity index is 526. The molecule has 1 aromatic carbocycles. The molecule has 0 fully saturated rings. The number of nitrogen functional groups attached to an aromatic ring is 1. The van der Waals surface area contributed by atoms with Crippen LogP contribution in [0.1, 0.15) is 5.56 Å². The number of aliphatic hydroxyl groups excluding tert-OH is 1. The van der Waals surface area contributed by atoms with Crippen LogP contribution in [0.3, 0.4) is 0 Å². The molecule has 6 nitrogen and oxygen atoms in total. The lowest BCUT2D eigenvalue weighted by Crippen LogP contribution is -2.09. The number of rotatable bonds is 5. The molecule has 1 aromatic heterocycles. The molecule has 0 aliphatic rings. The number of hydrazine groups is 1. The minimum atomic E-state index is 0.00561. The Balaban J connectivity index is 2.21. The summed E-state index contributed by atoms with van der Waals surface area (Å²) in [7, 11) is 0. The first kappa shape index (κ1) is 13.6. The molecule has 2 rings (SSSR count). The molecule has 0 radical (unpaired) electrons. The van der Waals surface area contributed by atoms with Crippen molar-refractivity contribution >= 4 is 17.6 Å². The molecule has 0 saturated carbocycles. The number of aromatic nitrogens is 2. The van der Waals surface area contributed by atoms with Crippen molar-refractivity contribution in [2.45, 2.75) is 11.8 Å². The minimum absolute atomic E-state index is 0.00561. The minimum Gasteiger partial charge on any atom is -0.439 e. The maximum Gasteiger partial charge on any atom is 0.225 e. The molecule has 4 N–H and O–H groups in total. The molecule has 0 unspecified atom stereocenters. The third kappa shape index (κ3) is 3.57. The van der Waals surface area contributed by atoms with E-state index in [0.717, 1.165) is 5.56 Å². The van der Waals surface area contributed by atoms with Crippen LogP contribution in [-0.4, -0.2) is 21.3 Å². The summed E-state index contributed by atoms with van der Waals surface area (Å²) in [6, 6.07) is 8.71. The van der Waals surface area contributed by atoms with E-state index in [1.54, 1.807) is 30.3 Å². The maximum atomic E-state index is 8.97. The summed E-state index contributed by atoms with van der Waals surface area (Å²) in [6.45, 7) is 0.00561. The van der Waals surface area contributed by atoms with Gasteiger partial charge in [-0.05, 0) is 24.0 Å². The third-order valence-electron chi connectivity index (χ3n) is 2.34. The van der Waals surface area contributed by atoms with Crippen molar-refractivity contribution in [2.75, 3.05) is 11.7 Å². The Morgan fingerprint density at radius 1 is 1.32 bits per heavy atom. The quantitative estimate of drug-likeness (QED) is 0.332. The highest BCUT2D eigenvalue weighted by Gasteiger charge is 2.05. The van der Waals surface area contributed by atoms with Crippen LogP contribution < -0.4 is 16.0 Å². The van der Waals surface area contributed by atoms with E-state index in [4.69, 9.17) is 15.7 Å². The molecule has 0 aliphatic carbocycles. The second-order valence-electron chi connectivity index (χ2n) is 3.63. The smallest absolute Gasteiger partial charge is 0.225 e. The van der Waals surface area contributed by atoms with Gasteiger partial charge < -0.3 is 15.3 Å². The number of nitrogens with zero attached hydrogens (tertiary/aromatic N) is 2. The van der Waals surface area contributed by atoms with Crippen LogP contribution in [0.4, 0.5) is 5.82 Å². The number of nitrogens with two attached hydrogens (primary N) is 1. The summed E-state index contributed by atoms with van der Waals surface area (Å²) >= 11 is 1.40. The molecule has 1 heterocycles. The summed E-state index contributed by atoms with van der Waals surface area (Å²) in [6.07, 6.45) is 1.87. The molecular weight excluding hydrogens is 264 g/mol. The topological polar surface area (TPSA) is 93.3 Å². The highest BCUT2D eigenvalue weighted by Crippen LogP contribution is 2.24. The van der Waals surface area contributed by atoms with E-state index in [-0.39, 0.29) is 6.61 Å².